The number of aromatic nitrogens is 1. The van der Waals surface area contributed by atoms with E-state index in [1.165, 1.54) is 5.56 Å². The fourth-order valence-electron chi connectivity index (χ4n) is 2.13. The molecule has 0 saturated heterocycles. The van der Waals surface area contributed by atoms with Crippen molar-refractivity contribution in [2.45, 2.75) is 25.9 Å². The van der Waals surface area contributed by atoms with E-state index in [4.69, 9.17) is 4.74 Å². The minimum absolute atomic E-state index is 0.0730. The molecule has 0 aliphatic heterocycles. The molecule has 2 N–H and O–H groups in total. The van der Waals surface area contributed by atoms with Crippen LogP contribution >= 0.6 is 0 Å². The van der Waals surface area contributed by atoms with Gasteiger partial charge in [0.05, 0.1) is 25.6 Å². The number of methoxy groups -OCH3 is 1. The lowest BCUT2D eigenvalue weighted by molar-refractivity contribution is -0.116. The summed E-state index contributed by atoms with van der Waals surface area (Å²) >= 11 is 0. The molecule has 0 unspecified atom stereocenters. The first-order chi connectivity index (χ1) is 10.7. The molecular weight excluding hydrogens is 280 g/mol. The third kappa shape index (κ3) is 4.56. The monoisotopic (exact) mass is 300 g/mol. The van der Waals surface area contributed by atoms with Gasteiger partial charge in [-0.2, -0.15) is 0 Å². The first-order valence-electron chi connectivity index (χ1n) is 7.19. The van der Waals surface area contributed by atoms with Crippen LogP contribution in [0, 0.1) is 0 Å². The number of nitrogens with one attached hydrogen (secondary N) is 1. The molecule has 2 aromatic rings. The van der Waals surface area contributed by atoms with Crippen molar-refractivity contribution in [3.05, 3.63) is 53.9 Å². The molecule has 0 radical (unpaired) electrons. The Morgan fingerprint density at radius 3 is 2.73 bits per heavy atom. The van der Waals surface area contributed by atoms with Gasteiger partial charge < -0.3 is 15.2 Å². The number of benzene rings is 1. The summed E-state index contributed by atoms with van der Waals surface area (Å²) in [7, 11) is 1.64. The van der Waals surface area contributed by atoms with Gasteiger partial charge in [-0.05, 0) is 36.6 Å². The predicted octanol–water partition coefficient (Wildman–Crippen LogP) is 2.54. The van der Waals surface area contributed by atoms with E-state index in [2.05, 4.69) is 10.3 Å². The van der Waals surface area contributed by atoms with E-state index in [-0.39, 0.29) is 12.5 Å². The van der Waals surface area contributed by atoms with Gasteiger partial charge in [0.15, 0.2) is 0 Å². The van der Waals surface area contributed by atoms with E-state index < -0.39 is 0 Å². The van der Waals surface area contributed by atoms with Crippen molar-refractivity contribution in [2.24, 2.45) is 0 Å². The maximum atomic E-state index is 11.9. The normalized spacial score (nSPS) is 10.3. The second-order valence-corrected chi connectivity index (χ2v) is 4.94. The first-order valence-corrected chi connectivity index (χ1v) is 7.19. The van der Waals surface area contributed by atoms with E-state index in [0.717, 1.165) is 18.6 Å². The molecule has 0 saturated carbocycles. The fourth-order valence-corrected chi connectivity index (χ4v) is 2.13. The average Bonchev–Trinajstić information content (AvgIpc) is 2.56. The van der Waals surface area contributed by atoms with Crippen LogP contribution < -0.4 is 10.1 Å². The summed E-state index contributed by atoms with van der Waals surface area (Å²) in [5.41, 5.74) is 2.41. The smallest absolute Gasteiger partial charge is 0.224 e. The molecule has 0 atom stereocenters. The molecule has 1 amide bonds. The first kappa shape index (κ1) is 16.0. The number of aliphatic hydroxyl groups is 1. The molecule has 0 aliphatic carbocycles. The topological polar surface area (TPSA) is 71.5 Å². The van der Waals surface area contributed by atoms with E-state index >= 15 is 0 Å². The number of hydrogen-bond donors (Lipinski definition) is 2. The number of rotatable bonds is 7. The van der Waals surface area contributed by atoms with Crippen LogP contribution in [0.3, 0.4) is 0 Å². The SMILES string of the molecule is COc1ccc(CCCC(=O)Nc2cnccc2CO)cc1. The summed E-state index contributed by atoms with van der Waals surface area (Å²) in [5.74, 6) is 0.755. The van der Waals surface area contributed by atoms with Crippen LogP contribution in [0.5, 0.6) is 5.75 Å². The molecule has 2 rings (SSSR count). The molecule has 0 spiro atoms. The van der Waals surface area contributed by atoms with Crippen molar-refractivity contribution >= 4 is 11.6 Å². The zero-order chi connectivity index (χ0) is 15.8. The zero-order valence-corrected chi connectivity index (χ0v) is 12.6. The molecule has 5 nitrogen and oxygen atoms in total. The van der Waals surface area contributed by atoms with Crippen LogP contribution in [0.4, 0.5) is 5.69 Å². The average molecular weight is 300 g/mol. The minimum atomic E-state index is -0.121. The molecule has 0 bridgehead atoms. The van der Waals surface area contributed by atoms with Gasteiger partial charge in [0, 0.05) is 18.2 Å². The number of aliphatic hydroxyl groups excluding tert-OH is 1. The van der Waals surface area contributed by atoms with E-state index in [9.17, 15) is 9.90 Å². The highest BCUT2D eigenvalue weighted by atomic mass is 16.5. The third-order valence-corrected chi connectivity index (χ3v) is 3.38. The van der Waals surface area contributed by atoms with Crippen LogP contribution in [-0.4, -0.2) is 23.1 Å². The third-order valence-electron chi connectivity index (χ3n) is 3.38. The lowest BCUT2D eigenvalue weighted by Crippen LogP contribution is -2.13. The Morgan fingerprint density at radius 2 is 2.05 bits per heavy atom. The van der Waals surface area contributed by atoms with Gasteiger partial charge in [0.2, 0.25) is 5.91 Å². The van der Waals surface area contributed by atoms with Crippen LogP contribution in [0.2, 0.25) is 0 Å². The minimum Gasteiger partial charge on any atom is -0.497 e. The van der Waals surface area contributed by atoms with Gasteiger partial charge in [-0.25, -0.2) is 0 Å². The zero-order valence-electron chi connectivity index (χ0n) is 12.6. The Hall–Kier alpha value is -2.40. The van der Waals surface area contributed by atoms with Crippen molar-refractivity contribution in [2.75, 3.05) is 12.4 Å². The fraction of sp³-hybridized carbons (Fsp3) is 0.294. The maximum absolute atomic E-state index is 11.9. The number of hydrogen-bond acceptors (Lipinski definition) is 4. The predicted molar refractivity (Wildman–Crippen MR) is 84.7 cm³/mol. The molecule has 5 heteroatoms. The molecule has 0 aliphatic rings. The van der Waals surface area contributed by atoms with Crippen LogP contribution in [0.25, 0.3) is 0 Å². The largest absolute Gasteiger partial charge is 0.497 e. The number of pyridine rings is 1. The Balaban J connectivity index is 1.80. The summed E-state index contributed by atoms with van der Waals surface area (Å²) in [4.78, 5) is 15.9. The molecular formula is C17H20N2O3. The summed E-state index contributed by atoms with van der Waals surface area (Å²) < 4.78 is 5.11. The molecule has 116 valence electrons. The Bertz CT molecular complexity index is 612. The quantitative estimate of drug-likeness (QED) is 0.824. The van der Waals surface area contributed by atoms with Crippen LogP contribution in [-0.2, 0) is 17.8 Å². The number of carbonyl (C=O) groups excluding carboxylic acids is 1. The van der Waals surface area contributed by atoms with Gasteiger partial charge >= 0.3 is 0 Å². The molecule has 1 aromatic carbocycles. The van der Waals surface area contributed by atoms with E-state index in [1.54, 1.807) is 25.6 Å². The molecule has 1 aromatic heterocycles. The Labute approximate surface area is 130 Å². The number of ether oxygens (including phenoxy) is 1. The van der Waals surface area contributed by atoms with E-state index in [0.29, 0.717) is 17.7 Å². The number of carbonyl (C=O) groups is 1. The van der Waals surface area contributed by atoms with Crippen LogP contribution in [0.1, 0.15) is 24.0 Å². The van der Waals surface area contributed by atoms with E-state index in [1.807, 2.05) is 24.3 Å². The lowest BCUT2D eigenvalue weighted by Gasteiger charge is -2.08. The van der Waals surface area contributed by atoms with Crippen molar-refractivity contribution < 1.29 is 14.6 Å². The Morgan fingerprint density at radius 1 is 1.27 bits per heavy atom. The van der Waals surface area contributed by atoms with Gasteiger partial charge in [-0.3, -0.25) is 9.78 Å². The van der Waals surface area contributed by atoms with Crippen LogP contribution in [0.15, 0.2) is 42.7 Å². The highest BCUT2D eigenvalue weighted by Gasteiger charge is 2.06. The highest BCUT2D eigenvalue weighted by Crippen LogP contribution is 2.15. The second-order valence-electron chi connectivity index (χ2n) is 4.94. The summed E-state index contributed by atoms with van der Waals surface area (Å²) in [6.07, 6.45) is 5.15. The van der Waals surface area contributed by atoms with Gasteiger partial charge in [-0.1, -0.05) is 12.1 Å². The Kier molecular flexibility index (Phi) is 5.91. The van der Waals surface area contributed by atoms with Gasteiger partial charge in [0.1, 0.15) is 5.75 Å². The maximum Gasteiger partial charge on any atom is 0.224 e. The summed E-state index contributed by atoms with van der Waals surface area (Å²) in [6.45, 7) is -0.121. The summed E-state index contributed by atoms with van der Waals surface area (Å²) in [6, 6.07) is 9.52. The standard InChI is InChI=1S/C17H20N2O3/c1-22-15-7-5-13(6-8-15)3-2-4-17(21)19-16-11-18-10-9-14(16)12-20/h5-11,20H,2-4,12H2,1H3,(H,19,21). The van der Waals surface area contributed by atoms with Crippen molar-refractivity contribution in [3.63, 3.8) is 0 Å². The molecule has 22 heavy (non-hydrogen) atoms. The molecule has 1 heterocycles. The number of aryl methyl sites for hydroxylation is 1. The number of amides is 1. The molecule has 0 fully saturated rings. The van der Waals surface area contributed by atoms with Gasteiger partial charge in [0.25, 0.3) is 0 Å². The highest BCUT2D eigenvalue weighted by molar-refractivity contribution is 5.91. The second kappa shape index (κ2) is 8.14. The van der Waals surface area contributed by atoms with Crippen molar-refractivity contribution in [1.29, 1.82) is 0 Å². The van der Waals surface area contributed by atoms with Crippen molar-refractivity contribution in [3.8, 4) is 5.75 Å². The number of anilines is 1. The number of nitrogens with zero attached hydrogens (tertiary/aromatic N) is 1. The van der Waals surface area contributed by atoms with Crippen molar-refractivity contribution in [1.82, 2.24) is 4.98 Å². The lowest BCUT2D eigenvalue weighted by atomic mass is 10.1. The van der Waals surface area contributed by atoms with Gasteiger partial charge in [-0.15, -0.1) is 0 Å². The summed E-state index contributed by atoms with van der Waals surface area (Å²) in [5, 5.41) is 12.0.